The van der Waals surface area contributed by atoms with Crippen molar-refractivity contribution in [1.29, 1.82) is 0 Å². The van der Waals surface area contributed by atoms with E-state index >= 15 is 0 Å². The lowest BCUT2D eigenvalue weighted by Crippen LogP contribution is -2.44. The topological polar surface area (TPSA) is 24.9 Å². The normalized spacial score (nSPS) is 19.6. The minimum absolute atomic E-state index is 0.0685. The average Bonchev–Trinajstić information content (AvgIpc) is 2.92. The molecule has 1 N–H and O–H groups in total. The molecule has 1 heterocycles. The number of aryl methyl sites for hydroxylation is 2. The van der Waals surface area contributed by atoms with Gasteiger partial charge in [-0.1, -0.05) is 12.8 Å². The van der Waals surface area contributed by atoms with Crippen LogP contribution in [0.1, 0.15) is 55.6 Å². The van der Waals surface area contributed by atoms with Crippen molar-refractivity contribution in [3.8, 4) is 0 Å². The Kier molecular flexibility index (Phi) is 3.60. The van der Waals surface area contributed by atoms with Crippen LogP contribution >= 0.6 is 11.3 Å². The van der Waals surface area contributed by atoms with Crippen LogP contribution in [0.5, 0.6) is 0 Å². The van der Waals surface area contributed by atoms with E-state index in [1.165, 1.54) is 34.8 Å². The van der Waals surface area contributed by atoms with E-state index in [1.54, 1.807) is 0 Å². The molecule has 1 aromatic heterocycles. The highest BCUT2D eigenvalue weighted by Crippen LogP contribution is 2.42. The highest BCUT2D eigenvalue weighted by molar-refractivity contribution is 7.11. The van der Waals surface area contributed by atoms with Gasteiger partial charge in [0.15, 0.2) is 0 Å². The monoisotopic (exact) mass is 252 g/mol. The van der Waals surface area contributed by atoms with Gasteiger partial charge >= 0.3 is 0 Å². The van der Waals surface area contributed by atoms with Gasteiger partial charge in [-0.3, -0.25) is 0 Å². The summed E-state index contributed by atoms with van der Waals surface area (Å²) < 4.78 is 0. The lowest BCUT2D eigenvalue weighted by molar-refractivity contribution is 0.295. The molecule has 2 rings (SSSR count). The molecule has 0 amide bonds. The molecule has 96 valence electrons. The number of aromatic nitrogens is 1. The highest BCUT2D eigenvalue weighted by atomic mass is 32.1. The second-order valence-electron chi connectivity index (χ2n) is 5.94. The fraction of sp³-hybridized carbons (Fsp3) is 0.786. The molecular weight excluding hydrogens is 228 g/mol. The molecule has 1 fully saturated rings. The Morgan fingerprint density at radius 1 is 1.41 bits per heavy atom. The number of hydrogen-bond acceptors (Lipinski definition) is 3. The van der Waals surface area contributed by atoms with Gasteiger partial charge in [-0.05, 0) is 47.0 Å². The van der Waals surface area contributed by atoms with Crippen molar-refractivity contribution in [3.63, 3.8) is 0 Å². The Labute approximate surface area is 109 Å². The quantitative estimate of drug-likeness (QED) is 0.863. The standard InChI is InChI=1S/C14H24N2S/c1-9(2)16-14(5,8-12-6-7-12)13-15-10(3)11(4)17-13/h9,12,16H,6-8H2,1-5H3. The number of nitrogens with one attached hydrogen (secondary N) is 1. The predicted octanol–water partition coefficient (Wildman–Crippen LogP) is 3.77. The molecule has 1 aliphatic carbocycles. The Morgan fingerprint density at radius 2 is 2.06 bits per heavy atom. The molecule has 1 aromatic rings. The van der Waals surface area contributed by atoms with Crippen LogP contribution in [0.3, 0.4) is 0 Å². The highest BCUT2D eigenvalue weighted by Gasteiger charge is 2.37. The summed E-state index contributed by atoms with van der Waals surface area (Å²) in [5.74, 6) is 0.913. The molecule has 0 aliphatic heterocycles. The largest absolute Gasteiger partial charge is 0.303 e. The van der Waals surface area contributed by atoms with Crippen molar-refractivity contribution in [2.75, 3.05) is 0 Å². The van der Waals surface area contributed by atoms with Gasteiger partial charge in [0.1, 0.15) is 5.01 Å². The van der Waals surface area contributed by atoms with E-state index in [4.69, 9.17) is 4.98 Å². The van der Waals surface area contributed by atoms with E-state index in [2.05, 4.69) is 39.9 Å². The van der Waals surface area contributed by atoms with Crippen molar-refractivity contribution in [2.45, 2.75) is 65.5 Å². The lowest BCUT2D eigenvalue weighted by Gasteiger charge is -2.31. The van der Waals surface area contributed by atoms with E-state index in [-0.39, 0.29) is 5.54 Å². The Hall–Kier alpha value is -0.410. The summed E-state index contributed by atoms with van der Waals surface area (Å²) >= 11 is 1.86. The zero-order valence-electron chi connectivity index (χ0n) is 11.6. The SMILES string of the molecule is Cc1nc(C(C)(CC2CC2)NC(C)C)sc1C. The summed E-state index contributed by atoms with van der Waals surface area (Å²) in [5, 5.41) is 5.00. The van der Waals surface area contributed by atoms with Crippen LogP contribution in [0.4, 0.5) is 0 Å². The smallest absolute Gasteiger partial charge is 0.113 e. The van der Waals surface area contributed by atoms with Crippen LogP contribution in [0, 0.1) is 19.8 Å². The molecule has 1 atom stereocenters. The maximum atomic E-state index is 4.77. The van der Waals surface area contributed by atoms with Crippen molar-refractivity contribution in [1.82, 2.24) is 10.3 Å². The van der Waals surface area contributed by atoms with Gasteiger partial charge in [0.25, 0.3) is 0 Å². The second-order valence-corrected chi connectivity index (χ2v) is 7.14. The average molecular weight is 252 g/mol. The van der Waals surface area contributed by atoms with Gasteiger partial charge in [-0.2, -0.15) is 0 Å². The zero-order valence-corrected chi connectivity index (χ0v) is 12.4. The van der Waals surface area contributed by atoms with Crippen molar-refractivity contribution in [2.24, 2.45) is 5.92 Å². The lowest BCUT2D eigenvalue weighted by atomic mass is 9.94. The fourth-order valence-corrected chi connectivity index (χ4v) is 3.49. The number of rotatable bonds is 5. The predicted molar refractivity (Wildman–Crippen MR) is 74.6 cm³/mol. The summed E-state index contributed by atoms with van der Waals surface area (Å²) in [5.41, 5.74) is 1.26. The van der Waals surface area contributed by atoms with Crippen molar-refractivity contribution < 1.29 is 0 Å². The van der Waals surface area contributed by atoms with Crippen LogP contribution in [0.25, 0.3) is 0 Å². The first-order valence-electron chi connectivity index (χ1n) is 6.63. The molecule has 2 nitrogen and oxygen atoms in total. The molecule has 3 heteroatoms. The van der Waals surface area contributed by atoms with Gasteiger partial charge in [0.05, 0.1) is 11.2 Å². The van der Waals surface area contributed by atoms with E-state index in [1.807, 2.05) is 11.3 Å². The van der Waals surface area contributed by atoms with Crippen LogP contribution in [0.2, 0.25) is 0 Å². The molecule has 0 bridgehead atoms. The third-order valence-corrected chi connectivity index (χ3v) is 4.84. The molecular formula is C14H24N2S. The fourth-order valence-electron chi connectivity index (χ4n) is 2.45. The summed E-state index contributed by atoms with van der Waals surface area (Å²) in [7, 11) is 0. The molecule has 17 heavy (non-hydrogen) atoms. The number of thiazole rings is 1. The first kappa shape index (κ1) is 13.0. The Bertz CT molecular complexity index is 367. The molecule has 0 saturated heterocycles. The first-order chi connectivity index (χ1) is 7.90. The van der Waals surface area contributed by atoms with E-state index in [9.17, 15) is 0 Å². The number of hydrogen-bond donors (Lipinski definition) is 1. The van der Waals surface area contributed by atoms with Gasteiger partial charge in [-0.15, -0.1) is 11.3 Å². The van der Waals surface area contributed by atoms with Gasteiger partial charge in [0, 0.05) is 10.9 Å². The van der Waals surface area contributed by atoms with E-state index in [0.29, 0.717) is 6.04 Å². The summed E-state index contributed by atoms with van der Waals surface area (Å²) in [6, 6.07) is 0.503. The van der Waals surface area contributed by atoms with Crippen LogP contribution in [-0.4, -0.2) is 11.0 Å². The minimum atomic E-state index is 0.0685. The van der Waals surface area contributed by atoms with Gasteiger partial charge < -0.3 is 5.32 Å². The van der Waals surface area contributed by atoms with Crippen LogP contribution < -0.4 is 5.32 Å². The molecule has 0 radical (unpaired) electrons. The second kappa shape index (κ2) is 4.69. The van der Waals surface area contributed by atoms with Crippen LogP contribution in [0.15, 0.2) is 0 Å². The van der Waals surface area contributed by atoms with Gasteiger partial charge in [0.2, 0.25) is 0 Å². The molecule has 1 saturated carbocycles. The van der Waals surface area contributed by atoms with E-state index in [0.717, 1.165) is 5.92 Å². The Morgan fingerprint density at radius 3 is 2.47 bits per heavy atom. The molecule has 0 spiro atoms. The van der Waals surface area contributed by atoms with Crippen molar-refractivity contribution >= 4 is 11.3 Å². The van der Waals surface area contributed by atoms with E-state index < -0.39 is 0 Å². The number of nitrogens with zero attached hydrogens (tertiary/aromatic N) is 1. The molecule has 0 aromatic carbocycles. The van der Waals surface area contributed by atoms with Gasteiger partial charge in [-0.25, -0.2) is 4.98 Å². The zero-order chi connectivity index (χ0) is 12.6. The van der Waals surface area contributed by atoms with Crippen LogP contribution in [-0.2, 0) is 5.54 Å². The molecule has 1 unspecified atom stereocenters. The minimum Gasteiger partial charge on any atom is -0.303 e. The third-order valence-electron chi connectivity index (χ3n) is 3.50. The maximum absolute atomic E-state index is 4.77. The maximum Gasteiger partial charge on any atom is 0.113 e. The summed E-state index contributed by atoms with van der Waals surface area (Å²) in [6.45, 7) is 11.0. The van der Waals surface area contributed by atoms with Crippen molar-refractivity contribution in [3.05, 3.63) is 15.6 Å². The summed E-state index contributed by atoms with van der Waals surface area (Å²) in [4.78, 5) is 6.13. The third kappa shape index (κ3) is 3.08. The summed E-state index contributed by atoms with van der Waals surface area (Å²) in [6.07, 6.45) is 4.04. The Balaban J connectivity index is 2.23. The first-order valence-corrected chi connectivity index (χ1v) is 7.44. The molecule has 1 aliphatic rings.